The number of anilines is 1. The minimum absolute atomic E-state index is 0.0410. The van der Waals surface area contributed by atoms with Crippen LogP contribution < -0.4 is 9.64 Å². The van der Waals surface area contributed by atoms with Gasteiger partial charge in [-0.2, -0.15) is 0 Å². The first-order valence-electron chi connectivity index (χ1n) is 6.97. The van der Waals surface area contributed by atoms with Crippen molar-refractivity contribution in [2.24, 2.45) is 0 Å². The van der Waals surface area contributed by atoms with Gasteiger partial charge in [0.05, 0.1) is 6.54 Å². The maximum Gasteiger partial charge on any atom is 0.232 e. The lowest BCUT2D eigenvalue weighted by Gasteiger charge is -2.20. The summed E-state index contributed by atoms with van der Waals surface area (Å²) in [6.45, 7) is 1.40. The van der Waals surface area contributed by atoms with Gasteiger partial charge in [-0.1, -0.05) is 11.6 Å². The van der Waals surface area contributed by atoms with Crippen molar-refractivity contribution in [2.75, 3.05) is 18.0 Å². The van der Waals surface area contributed by atoms with Crippen LogP contribution in [0.2, 0.25) is 5.02 Å². The molecule has 1 saturated heterocycles. The quantitative estimate of drug-likeness (QED) is 0.878. The van der Waals surface area contributed by atoms with Crippen LogP contribution in [0, 0.1) is 0 Å². The second-order valence-corrected chi connectivity index (χ2v) is 5.53. The van der Waals surface area contributed by atoms with E-state index in [-0.39, 0.29) is 11.9 Å². The number of carbonyl (C=O) groups excluding carboxylic acids is 1. The normalized spacial score (nSPS) is 17.5. The molecule has 1 N–H and O–H groups in total. The predicted octanol–water partition coefficient (Wildman–Crippen LogP) is 2.91. The molecule has 0 spiro atoms. The number of halogens is 1. The maximum absolute atomic E-state index is 11.2. The summed E-state index contributed by atoms with van der Waals surface area (Å²) in [5.41, 5.74) is 1.27. The highest BCUT2D eigenvalue weighted by Gasteiger charge is 2.26. The van der Waals surface area contributed by atoms with Crippen LogP contribution in [-0.4, -0.2) is 35.6 Å². The van der Waals surface area contributed by atoms with Gasteiger partial charge >= 0.3 is 0 Å². The third-order valence-corrected chi connectivity index (χ3v) is 3.91. The van der Waals surface area contributed by atoms with Crippen molar-refractivity contribution in [3.63, 3.8) is 0 Å². The standard InChI is InChI=1S/C16H15ClN2O3/c17-14-2-1-6-18-16(14)22-13-5-7-19(9-13)15-4-3-12(21)8-11(15)10-20/h1-4,6,8,10,13,21H,5,7,9H2/t13-/m0/s1. The summed E-state index contributed by atoms with van der Waals surface area (Å²) >= 11 is 6.05. The highest BCUT2D eigenvalue weighted by atomic mass is 35.5. The zero-order valence-electron chi connectivity index (χ0n) is 11.8. The fourth-order valence-corrected chi connectivity index (χ4v) is 2.75. The molecular weight excluding hydrogens is 304 g/mol. The maximum atomic E-state index is 11.2. The molecule has 3 rings (SSSR count). The number of aromatic nitrogens is 1. The summed E-state index contributed by atoms with van der Waals surface area (Å²) in [5, 5.41) is 9.95. The molecule has 0 saturated carbocycles. The Bertz CT molecular complexity index is 693. The van der Waals surface area contributed by atoms with Crippen molar-refractivity contribution in [2.45, 2.75) is 12.5 Å². The number of hydrogen-bond acceptors (Lipinski definition) is 5. The Kier molecular flexibility index (Phi) is 4.15. The van der Waals surface area contributed by atoms with E-state index < -0.39 is 0 Å². The van der Waals surface area contributed by atoms with Crippen LogP contribution >= 0.6 is 11.6 Å². The van der Waals surface area contributed by atoms with Crippen molar-refractivity contribution in [3.8, 4) is 11.6 Å². The number of pyridine rings is 1. The van der Waals surface area contributed by atoms with Gasteiger partial charge in [-0.25, -0.2) is 4.98 Å². The average molecular weight is 319 g/mol. The summed E-state index contributed by atoms with van der Waals surface area (Å²) in [6.07, 6.45) is 3.16. The molecule has 5 nitrogen and oxygen atoms in total. The number of nitrogens with zero attached hydrogens (tertiary/aromatic N) is 2. The fourth-order valence-electron chi connectivity index (χ4n) is 2.58. The number of carbonyl (C=O) groups is 1. The van der Waals surface area contributed by atoms with E-state index in [1.807, 2.05) is 0 Å². The third-order valence-electron chi connectivity index (χ3n) is 3.63. The first-order chi connectivity index (χ1) is 10.7. The van der Waals surface area contributed by atoms with Crippen molar-refractivity contribution in [3.05, 3.63) is 47.1 Å². The summed E-state index contributed by atoms with van der Waals surface area (Å²) in [6, 6.07) is 8.28. The summed E-state index contributed by atoms with van der Waals surface area (Å²) < 4.78 is 5.83. The highest BCUT2D eigenvalue weighted by molar-refractivity contribution is 6.31. The molecule has 1 fully saturated rings. The largest absolute Gasteiger partial charge is 0.508 e. The van der Waals surface area contributed by atoms with Crippen molar-refractivity contribution < 1.29 is 14.6 Å². The summed E-state index contributed by atoms with van der Waals surface area (Å²) in [4.78, 5) is 17.3. The SMILES string of the molecule is O=Cc1cc(O)ccc1N1CC[C@H](Oc2ncccc2Cl)C1. The van der Waals surface area contributed by atoms with E-state index >= 15 is 0 Å². The van der Waals surface area contributed by atoms with Crippen LogP contribution in [0.3, 0.4) is 0 Å². The van der Waals surface area contributed by atoms with Gasteiger partial charge in [-0.3, -0.25) is 4.79 Å². The monoisotopic (exact) mass is 318 g/mol. The number of phenols is 1. The molecular formula is C16H15ClN2O3. The average Bonchev–Trinajstić information content (AvgIpc) is 2.98. The van der Waals surface area contributed by atoms with Gasteiger partial charge in [-0.15, -0.1) is 0 Å². The van der Waals surface area contributed by atoms with Crippen LogP contribution in [0.5, 0.6) is 11.6 Å². The molecule has 0 radical (unpaired) electrons. The molecule has 1 aromatic carbocycles. The van der Waals surface area contributed by atoms with E-state index in [1.165, 1.54) is 6.07 Å². The molecule has 0 unspecified atom stereocenters. The Morgan fingerprint density at radius 3 is 3.05 bits per heavy atom. The summed E-state index contributed by atoms with van der Waals surface area (Å²) in [7, 11) is 0. The van der Waals surface area contributed by atoms with Crippen LogP contribution in [0.25, 0.3) is 0 Å². The smallest absolute Gasteiger partial charge is 0.232 e. The highest BCUT2D eigenvalue weighted by Crippen LogP contribution is 2.29. The molecule has 1 atom stereocenters. The fraction of sp³-hybridized carbons (Fsp3) is 0.250. The van der Waals surface area contributed by atoms with Gasteiger partial charge in [0.25, 0.3) is 0 Å². The van der Waals surface area contributed by atoms with E-state index in [0.29, 0.717) is 23.0 Å². The minimum Gasteiger partial charge on any atom is -0.508 e. The molecule has 0 aliphatic carbocycles. The second-order valence-electron chi connectivity index (χ2n) is 5.13. The number of rotatable bonds is 4. The van der Waals surface area contributed by atoms with Crippen LogP contribution in [-0.2, 0) is 0 Å². The van der Waals surface area contributed by atoms with Gasteiger partial charge in [-0.05, 0) is 30.3 Å². The third kappa shape index (κ3) is 2.99. The van der Waals surface area contributed by atoms with Crippen molar-refractivity contribution >= 4 is 23.6 Å². The predicted molar refractivity (Wildman–Crippen MR) is 84.0 cm³/mol. The van der Waals surface area contributed by atoms with Gasteiger partial charge in [0.1, 0.15) is 16.9 Å². The number of phenolic OH excluding ortho intramolecular Hbond substituents is 1. The van der Waals surface area contributed by atoms with E-state index in [0.717, 1.165) is 24.9 Å². The Morgan fingerprint density at radius 2 is 2.27 bits per heavy atom. The molecule has 0 amide bonds. The second kappa shape index (κ2) is 6.23. The Balaban J connectivity index is 1.73. The lowest BCUT2D eigenvalue weighted by Crippen LogP contribution is -2.25. The van der Waals surface area contributed by atoms with Crippen LogP contribution in [0.1, 0.15) is 16.8 Å². The first-order valence-corrected chi connectivity index (χ1v) is 7.35. The number of aldehydes is 1. The lowest BCUT2D eigenvalue weighted by molar-refractivity contribution is 0.112. The van der Waals surface area contributed by atoms with Gasteiger partial charge in [0.15, 0.2) is 6.29 Å². The van der Waals surface area contributed by atoms with Crippen molar-refractivity contribution in [1.29, 1.82) is 0 Å². The topological polar surface area (TPSA) is 62.7 Å². The molecule has 0 bridgehead atoms. The Hall–Kier alpha value is -2.27. The van der Waals surface area contributed by atoms with E-state index in [9.17, 15) is 9.90 Å². The van der Waals surface area contributed by atoms with Crippen molar-refractivity contribution in [1.82, 2.24) is 4.98 Å². The molecule has 1 aromatic heterocycles. The number of hydrogen-bond donors (Lipinski definition) is 1. The minimum atomic E-state index is -0.0410. The van der Waals surface area contributed by atoms with E-state index in [4.69, 9.17) is 16.3 Å². The number of ether oxygens (including phenoxy) is 1. The Morgan fingerprint density at radius 1 is 1.41 bits per heavy atom. The molecule has 2 aromatic rings. The molecule has 114 valence electrons. The molecule has 22 heavy (non-hydrogen) atoms. The van der Waals surface area contributed by atoms with E-state index in [1.54, 1.807) is 30.5 Å². The number of benzene rings is 1. The molecule has 2 heterocycles. The van der Waals surface area contributed by atoms with Gasteiger partial charge < -0.3 is 14.7 Å². The first kappa shape index (κ1) is 14.7. The van der Waals surface area contributed by atoms with Crippen LogP contribution in [0.4, 0.5) is 5.69 Å². The lowest BCUT2D eigenvalue weighted by atomic mass is 10.1. The zero-order chi connectivity index (χ0) is 15.5. The number of aromatic hydroxyl groups is 1. The zero-order valence-corrected chi connectivity index (χ0v) is 12.5. The van der Waals surface area contributed by atoms with Crippen LogP contribution in [0.15, 0.2) is 36.5 Å². The molecule has 1 aliphatic rings. The molecule has 1 aliphatic heterocycles. The van der Waals surface area contributed by atoms with E-state index in [2.05, 4.69) is 9.88 Å². The molecule has 6 heteroatoms. The Labute approximate surface area is 133 Å². The van der Waals surface area contributed by atoms with Gasteiger partial charge in [0, 0.05) is 30.4 Å². The summed E-state index contributed by atoms with van der Waals surface area (Å²) in [5.74, 6) is 0.510. The van der Waals surface area contributed by atoms with Gasteiger partial charge in [0.2, 0.25) is 5.88 Å².